The van der Waals surface area contributed by atoms with Gasteiger partial charge in [0.1, 0.15) is 0 Å². The van der Waals surface area contributed by atoms with E-state index >= 15 is 0 Å². The van der Waals surface area contributed by atoms with Gasteiger partial charge in [0.15, 0.2) is 5.82 Å². The number of hydrogen-bond donors (Lipinski definition) is 1. The molecule has 1 aromatic heterocycles. The SMILES string of the molecule is O=C1c2ccccc2C(=O)N1c1n[nH]c2cccc(Cl)c12. The third-order valence-corrected chi connectivity index (χ3v) is 3.84. The predicted octanol–water partition coefficient (Wildman–Crippen LogP) is 3.02. The first kappa shape index (κ1) is 12.1. The molecule has 0 unspecified atom stereocenters. The quantitative estimate of drug-likeness (QED) is 0.702. The van der Waals surface area contributed by atoms with Crippen LogP contribution < -0.4 is 4.90 Å². The number of fused-ring (bicyclic) bond motifs is 2. The maximum Gasteiger partial charge on any atom is 0.267 e. The fourth-order valence-electron chi connectivity index (χ4n) is 2.56. The van der Waals surface area contributed by atoms with E-state index in [0.717, 1.165) is 4.90 Å². The summed E-state index contributed by atoms with van der Waals surface area (Å²) in [4.78, 5) is 26.0. The average molecular weight is 298 g/mol. The molecule has 5 nitrogen and oxygen atoms in total. The molecule has 2 amide bonds. The molecule has 1 aliphatic heterocycles. The Balaban J connectivity index is 1.96. The molecule has 0 aliphatic carbocycles. The van der Waals surface area contributed by atoms with E-state index in [9.17, 15) is 9.59 Å². The molecule has 102 valence electrons. The Morgan fingerprint density at radius 3 is 2.29 bits per heavy atom. The van der Waals surface area contributed by atoms with Crippen molar-refractivity contribution in [3.8, 4) is 0 Å². The van der Waals surface area contributed by atoms with Crippen LogP contribution >= 0.6 is 11.6 Å². The molecule has 4 rings (SSSR count). The van der Waals surface area contributed by atoms with E-state index in [-0.39, 0.29) is 17.6 Å². The smallest absolute Gasteiger partial charge is 0.267 e. The molecule has 0 saturated carbocycles. The fraction of sp³-hybridized carbons (Fsp3) is 0. The van der Waals surface area contributed by atoms with E-state index in [4.69, 9.17) is 11.6 Å². The number of nitrogens with one attached hydrogen (secondary N) is 1. The van der Waals surface area contributed by atoms with Gasteiger partial charge >= 0.3 is 0 Å². The molecule has 3 aromatic rings. The highest BCUT2D eigenvalue weighted by molar-refractivity contribution is 6.40. The Bertz CT molecular complexity index is 881. The van der Waals surface area contributed by atoms with Gasteiger partial charge in [0, 0.05) is 0 Å². The van der Waals surface area contributed by atoms with Crippen LogP contribution in [-0.2, 0) is 0 Å². The average Bonchev–Trinajstić information content (AvgIpc) is 3.01. The first-order chi connectivity index (χ1) is 10.2. The monoisotopic (exact) mass is 297 g/mol. The van der Waals surface area contributed by atoms with Crippen molar-refractivity contribution in [2.45, 2.75) is 0 Å². The Morgan fingerprint density at radius 2 is 1.62 bits per heavy atom. The molecule has 0 fully saturated rings. The minimum absolute atomic E-state index is 0.238. The summed E-state index contributed by atoms with van der Waals surface area (Å²) in [6.45, 7) is 0. The van der Waals surface area contributed by atoms with Gasteiger partial charge in [0.25, 0.3) is 11.8 Å². The van der Waals surface area contributed by atoms with Crippen LogP contribution in [0.3, 0.4) is 0 Å². The summed E-state index contributed by atoms with van der Waals surface area (Å²) in [6, 6.07) is 12.0. The summed E-state index contributed by atoms with van der Waals surface area (Å²) < 4.78 is 0. The number of imide groups is 1. The molecule has 2 heterocycles. The Kier molecular flexibility index (Phi) is 2.40. The number of benzene rings is 2. The highest BCUT2D eigenvalue weighted by Gasteiger charge is 2.38. The van der Waals surface area contributed by atoms with Gasteiger partial charge in [0.05, 0.1) is 27.1 Å². The van der Waals surface area contributed by atoms with E-state index in [2.05, 4.69) is 10.2 Å². The first-order valence-electron chi connectivity index (χ1n) is 6.29. The van der Waals surface area contributed by atoms with Gasteiger partial charge in [-0.15, -0.1) is 0 Å². The molecule has 0 saturated heterocycles. The van der Waals surface area contributed by atoms with Gasteiger partial charge in [-0.05, 0) is 24.3 Å². The van der Waals surface area contributed by atoms with Crippen molar-refractivity contribution in [1.82, 2.24) is 10.2 Å². The van der Waals surface area contributed by atoms with Crippen LogP contribution in [0.25, 0.3) is 10.9 Å². The second-order valence-corrected chi connectivity index (χ2v) is 5.11. The van der Waals surface area contributed by atoms with E-state index in [1.54, 1.807) is 42.5 Å². The van der Waals surface area contributed by atoms with E-state index in [0.29, 0.717) is 27.1 Å². The number of aromatic nitrogens is 2. The Labute approximate surface area is 124 Å². The van der Waals surface area contributed by atoms with Gasteiger partial charge in [-0.25, -0.2) is 4.90 Å². The maximum absolute atomic E-state index is 12.5. The van der Waals surface area contributed by atoms with Crippen molar-refractivity contribution in [1.29, 1.82) is 0 Å². The summed E-state index contributed by atoms with van der Waals surface area (Å²) in [5.41, 5.74) is 1.44. The Hall–Kier alpha value is -2.66. The van der Waals surface area contributed by atoms with Crippen LogP contribution in [0.15, 0.2) is 42.5 Å². The lowest BCUT2D eigenvalue weighted by Crippen LogP contribution is -2.29. The molecular formula is C15H8ClN3O2. The summed E-state index contributed by atoms with van der Waals surface area (Å²) in [5.74, 6) is -0.533. The molecule has 21 heavy (non-hydrogen) atoms. The number of nitrogens with zero attached hydrogens (tertiary/aromatic N) is 2. The molecule has 1 N–H and O–H groups in total. The van der Waals surface area contributed by atoms with Gasteiger partial charge in [-0.2, -0.15) is 5.10 Å². The lowest BCUT2D eigenvalue weighted by molar-refractivity contribution is 0.0925. The third-order valence-electron chi connectivity index (χ3n) is 3.53. The number of H-pyrrole nitrogens is 1. The summed E-state index contributed by atoms with van der Waals surface area (Å²) in [5, 5.41) is 7.89. The molecule has 1 aliphatic rings. The van der Waals surface area contributed by atoms with E-state index in [1.165, 1.54) is 0 Å². The molecule has 2 aromatic carbocycles. The zero-order valence-corrected chi connectivity index (χ0v) is 11.4. The standard InChI is InChI=1S/C15H8ClN3O2/c16-10-6-3-7-11-12(10)13(18-17-11)19-14(20)8-4-1-2-5-9(8)15(19)21/h1-7H,(H,17,18). The number of aromatic amines is 1. The molecule has 0 radical (unpaired) electrons. The summed E-state index contributed by atoms with van der Waals surface area (Å²) in [6.07, 6.45) is 0. The maximum atomic E-state index is 12.5. The van der Waals surface area contributed by atoms with E-state index < -0.39 is 0 Å². The molecule has 0 bridgehead atoms. The minimum Gasteiger partial charge on any atom is -0.276 e. The van der Waals surface area contributed by atoms with Crippen LogP contribution in [0.1, 0.15) is 20.7 Å². The second kappa shape index (κ2) is 4.17. The third kappa shape index (κ3) is 1.55. The largest absolute Gasteiger partial charge is 0.276 e. The van der Waals surface area contributed by atoms with Gasteiger partial charge in [-0.3, -0.25) is 14.7 Å². The zero-order chi connectivity index (χ0) is 14.6. The van der Waals surface area contributed by atoms with Crippen LogP contribution in [-0.4, -0.2) is 22.0 Å². The molecule has 6 heteroatoms. The second-order valence-electron chi connectivity index (χ2n) is 4.70. The summed E-state index contributed by atoms with van der Waals surface area (Å²) in [7, 11) is 0. The number of amides is 2. The van der Waals surface area contributed by atoms with Crippen molar-refractivity contribution in [2.75, 3.05) is 4.90 Å². The first-order valence-corrected chi connectivity index (χ1v) is 6.66. The molecule has 0 spiro atoms. The van der Waals surface area contributed by atoms with Crippen molar-refractivity contribution in [3.63, 3.8) is 0 Å². The van der Waals surface area contributed by atoms with Crippen LogP contribution in [0.4, 0.5) is 5.82 Å². The lowest BCUT2D eigenvalue weighted by atomic mass is 10.1. The highest BCUT2D eigenvalue weighted by atomic mass is 35.5. The zero-order valence-electron chi connectivity index (χ0n) is 10.6. The lowest BCUT2D eigenvalue weighted by Gasteiger charge is -2.11. The number of hydrogen-bond acceptors (Lipinski definition) is 3. The molecule has 0 atom stereocenters. The van der Waals surface area contributed by atoms with Crippen LogP contribution in [0.2, 0.25) is 5.02 Å². The van der Waals surface area contributed by atoms with Gasteiger partial charge in [0.2, 0.25) is 0 Å². The number of carbonyl (C=O) groups is 2. The van der Waals surface area contributed by atoms with Crippen LogP contribution in [0, 0.1) is 0 Å². The van der Waals surface area contributed by atoms with Crippen molar-refractivity contribution in [2.24, 2.45) is 0 Å². The number of rotatable bonds is 1. The van der Waals surface area contributed by atoms with Gasteiger partial charge < -0.3 is 0 Å². The minimum atomic E-state index is -0.385. The Morgan fingerprint density at radius 1 is 0.952 bits per heavy atom. The summed E-state index contributed by atoms with van der Waals surface area (Å²) >= 11 is 6.18. The predicted molar refractivity (Wildman–Crippen MR) is 78.7 cm³/mol. The number of carbonyl (C=O) groups excluding carboxylic acids is 2. The van der Waals surface area contributed by atoms with Crippen molar-refractivity contribution < 1.29 is 9.59 Å². The van der Waals surface area contributed by atoms with Crippen LogP contribution in [0.5, 0.6) is 0 Å². The molecular weight excluding hydrogens is 290 g/mol. The van der Waals surface area contributed by atoms with Crippen molar-refractivity contribution in [3.05, 3.63) is 58.6 Å². The fourth-order valence-corrected chi connectivity index (χ4v) is 2.82. The van der Waals surface area contributed by atoms with Crippen molar-refractivity contribution >= 4 is 40.1 Å². The number of anilines is 1. The van der Waals surface area contributed by atoms with E-state index in [1.807, 2.05) is 0 Å². The topological polar surface area (TPSA) is 66.1 Å². The van der Waals surface area contributed by atoms with Gasteiger partial charge in [-0.1, -0.05) is 29.8 Å². The highest BCUT2D eigenvalue weighted by Crippen LogP contribution is 2.35. The number of halogens is 1. The normalized spacial score (nSPS) is 14.0.